The lowest BCUT2D eigenvalue weighted by Gasteiger charge is -2.54. The second kappa shape index (κ2) is 20.1. The largest absolute Gasteiger partial charge is 0.469 e. The maximum Gasteiger partial charge on any atom is 0.350 e. The summed E-state index contributed by atoms with van der Waals surface area (Å²) in [6, 6.07) is 6.40. The van der Waals surface area contributed by atoms with E-state index in [0.29, 0.717) is 6.42 Å². The summed E-state index contributed by atoms with van der Waals surface area (Å²) in [6.45, 7) is 28.4. The van der Waals surface area contributed by atoms with Gasteiger partial charge in [0.15, 0.2) is 0 Å². The van der Waals surface area contributed by atoms with Gasteiger partial charge in [0.05, 0.1) is 50.2 Å². The molecule has 0 amide bonds. The van der Waals surface area contributed by atoms with Gasteiger partial charge in [0.2, 0.25) is 0 Å². The molecule has 2 aromatic rings. The van der Waals surface area contributed by atoms with E-state index < -0.39 is 16.2 Å². The van der Waals surface area contributed by atoms with E-state index in [1.54, 1.807) is 12.1 Å². The summed E-state index contributed by atoms with van der Waals surface area (Å²) in [4.78, 5) is 17.5. The zero-order valence-electron chi connectivity index (χ0n) is 35.2. The van der Waals surface area contributed by atoms with E-state index in [1.807, 2.05) is 33.8 Å². The molecule has 0 unspecified atom stereocenters. The maximum atomic E-state index is 14.0. The van der Waals surface area contributed by atoms with Crippen LogP contribution >= 0.6 is 23.5 Å². The number of carbonyl (C=O) groups is 1. The first-order chi connectivity index (χ1) is 24.8. The van der Waals surface area contributed by atoms with Crippen molar-refractivity contribution in [1.82, 2.24) is 4.98 Å². The maximum absolute atomic E-state index is 14.0. The summed E-state index contributed by atoms with van der Waals surface area (Å²) in [6.07, 6.45) is 3.93. The topological polar surface area (TPSA) is 113 Å². The second-order valence-electron chi connectivity index (χ2n) is 17.1. The van der Waals surface area contributed by atoms with Gasteiger partial charge in [-0.05, 0) is 62.8 Å². The fourth-order valence-corrected chi connectivity index (χ4v) is 14.1. The van der Waals surface area contributed by atoms with Crippen molar-refractivity contribution in [3.63, 3.8) is 0 Å². The normalized spacial score (nSPS) is 18.1. The van der Waals surface area contributed by atoms with E-state index in [0.717, 1.165) is 33.6 Å². The fraction of sp³-hybridized carbons (Fsp3) is 0.659. The average Bonchev–Trinajstić information content (AvgIpc) is 3.05. The number of pyridine rings is 1. The highest BCUT2D eigenvalue weighted by molar-refractivity contribution is 9.10. The summed E-state index contributed by atoms with van der Waals surface area (Å²) in [5.74, 6) is -0.446. The minimum Gasteiger partial charge on any atom is -0.469 e. The van der Waals surface area contributed by atoms with Crippen LogP contribution in [-0.4, -0.2) is 61.2 Å². The molecule has 0 radical (unpaired) electrons. The van der Waals surface area contributed by atoms with Crippen LogP contribution in [0.15, 0.2) is 30.3 Å². The summed E-state index contributed by atoms with van der Waals surface area (Å²) >= 11 is 3.12. The number of aromatic nitrogens is 1. The molecular weight excluding hydrogens is 792 g/mol. The minimum atomic E-state index is -2.95. The van der Waals surface area contributed by atoms with E-state index >= 15 is 0 Å². The number of aliphatic hydroxyl groups is 1. The minimum absolute atomic E-state index is 0.0767. The fourth-order valence-electron chi connectivity index (χ4n) is 6.97. The number of hydrogen-bond donors (Lipinski definition) is 1. The number of nitrogens with zero attached hydrogens (tertiary/aromatic N) is 1. The first-order valence-corrected chi connectivity index (χ1v) is 23.6. The highest BCUT2D eigenvalue weighted by Gasteiger charge is 2.62. The Morgan fingerprint density at radius 3 is 1.89 bits per heavy atom. The Morgan fingerprint density at radius 1 is 0.963 bits per heavy atom. The van der Waals surface area contributed by atoms with Gasteiger partial charge in [-0.2, -0.15) is 0 Å². The van der Waals surface area contributed by atoms with Crippen LogP contribution in [0.25, 0.3) is 17.2 Å². The molecule has 306 valence electrons. The van der Waals surface area contributed by atoms with Crippen molar-refractivity contribution < 1.29 is 41.5 Å². The Morgan fingerprint density at radius 2 is 1.48 bits per heavy atom. The average molecular weight is 859 g/mol. The molecule has 2 atom stereocenters. The summed E-state index contributed by atoms with van der Waals surface area (Å²) in [7, 11) is -4.45. The van der Waals surface area contributed by atoms with Crippen LogP contribution in [0.2, 0.25) is 10.1 Å². The molecule has 1 saturated heterocycles. The number of ether oxygens (including phenoxy) is 1. The highest BCUT2D eigenvalue weighted by atomic mass is 79.9. The van der Waals surface area contributed by atoms with Gasteiger partial charge in [0.25, 0.3) is 0 Å². The third-order valence-electron chi connectivity index (χ3n) is 8.89. The zero-order chi connectivity index (χ0) is 41.4. The number of esters is 1. The summed E-state index contributed by atoms with van der Waals surface area (Å²) in [5, 5.41) is 10.3. The van der Waals surface area contributed by atoms with Gasteiger partial charge in [0.1, 0.15) is 10.9 Å². The predicted octanol–water partition coefficient (Wildman–Crippen LogP) is 11.8. The van der Waals surface area contributed by atoms with Crippen LogP contribution in [0.4, 0.5) is 4.39 Å². The Kier molecular flexibility index (Phi) is 18.0. The zero-order valence-corrected chi connectivity index (χ0v) is 38.7. The number of aliphatic hydroxyl groups excluding tert-OH is 1. The molecular formula is C41H66BrFNO8PSi. The molecule has 3 rings (SSSR count). The van der Waals surface area contributed by atoms with Gasteiger partial charge >= 0.3 is 22.1 Å². The number of carbonyl (C=O) groups excluding carboxylic acids is 1. The molecule has 2 heterocycles. The Bertz CT molecular complexity index is 1570. The van der Waals surface area contributed by atoms with Crippen LogP contribution < -0.4 is 0 Å². The predicted molar refractivity (Wildman–Crippen MR) is 223 cm³/mol. The lowest BCUT2D eigenvalue weighted by Crippen LogP contribution is -2.63. The van der Waals surface area contributed by atoms with Gasteiger partial charge in [-0.25, -0.2) is 4.39 Å². The molecule has 1 aromatic carbocycles. The molecule has 1 fully saturated rings. The third kappa shape index (κ3) is 12.6. The van der Waals surface area contributed by atoms with Crippen molar-refractivity contribution in [1.29, 1.82) is 0 Å². The van der Waals surface area contributed by atoms with E-state index in [-0.39, 0.29) is 76.2 Å². The number of methoxy groups -OCH3 is 1. The van der Waals surface area contributed by atoms with Crippen LogP contribution in [0.3, 0.4) is 0 Å². The second-order valence-corrected chi connectivity index (χ2v) is 25.1. The molecule has 9 nitrogen and oxygen atoms in total. The summed E-state index contributed by atoms with van der Waals surface area (Å²) in [5.41, 5.74) is 5.03. The Hall–Kier alpha value is -1.76. The van der Waals surface area contributed by atoms with Gasteiger partial charge in [-0.1, -0.05) is 109 Å². The number of alkyl halides is 1. The smallest absolute Gasteiger partial charge is 0.350 e. The Labute approximate surface area is 334 Å². The Balaban J connectivity index is 0.000000720. The van der Waals surface area contributed by atoms with Gasteiger partial charge in [-0.15, -0.1) is 0 Å². The van der Waals surface area contributed by atoms with Crippen LogP contribution in [0, 0.1) is 5.82 Å². The molecule has 1 aliphatic rings. The first kappa shape index (κ1) is 48.4. The molecule has 13 heteroatoms. The van der Waals surface area contributed by atoms with Crippen LogP contribution in [-0.2, 0) is 38.6 Å². The van der Waals surface area contributed by atoms with Crippen molar-refractivity contribution in [3.8, 4) is 11.1 Å². The van der Waals surface area contributed by atoms with Crippen LogP contribution in [0.5, 0.6) is 0 Å². The number of hydrogen-bond acceptors (Lipinski definition) is 9. The number of rotatable bonds is 13. The highest BCUT2D eigenvalue weighted by Crippen LogP contribution is 2.55. The van der Waals surface area contributed by atoms with Crippen molar-refractivity contribution in [2.24, 2.45) is 0 Å². The van der Waals surface area contributed by atoms with Crippen molar-refractivity contribution in [2.45, 2.75) is 163 Å². The van der Waals surface area contributed by atoms with Crippen molar-refractivity contribution in [3.05, 3.63) is 58.7 Å². The number of halogens is 2. The first-order valence-electron chi connectivity index (χ1n) is 18.9. The van der Waals surface area contributed by atoms with E-state index in [1.165, 1.54) is 19.2 Å². The molecule has 0 saturated carbocycles. The van der Waals surface area contributed by atoms with Crippen LogP contribution in [0.1, 0.15) is 144 Å². The molecule has 0 spiro atoms. The monoisotopic (exact) mass is 857 g/mol. The standard InChI is InChI=1S/C34H50FNO5Si.C7H16BrO3P/c1-21(2)31-27(30(23-12-14-24(35)15-13-23)28(20-37)32(36-31)22(3)4)17-16-25-18-26(19-29(38)39-11)41-42(40-25,33(5,6)7)34(8,9)10;1-6(2)10-12(9,5-8)11-7(3)4/h12-17,21-22,25-26,37H,18-20H2,1-11H3;6-7H,5H2,1-4H3/b17-16+;/t25-,26-;/m1./s1. The van der Waals surface area contributed by atoms with Gasteiger partial charge in [0, 0.05) is 33.3 Å². The summed E-state index contributed by atoms with van der Waals surface area (Å²) < 4.78 is 54.9. The molecule has 1 aromatic heterocycles. The lowest BCUT2D eigenvalue weighted by atomic mass is 9.87. The number of benzene rings is 1. The van der Waals surface area contributed by atoms with E-state index in [2.05, 4.69) is 91.2 Å². The van der Waals surface area contributed by atoms with Gasteiger partial charge < -0.3 is 27.7 Å². The molecule has 1 N–H and O–H groups in total. The van der Waals surface area contributed by atoms with Crippen molar-refractivity contribution in [2.75, 3.05) is 12.2 Å². The van der Waals surface area contributed by atoms with Crippen molar-refractivity contribution >= 4 is 44.1 Å². The quantitative estimate of drug-likeness (QED) is 0.0910. The lowest BCUT2D eigenvalue weighted by molar-refractivity contribution is -0.144. The van der Waals surface area contributed by atoms with E-state index in [9.17, 15) is 18.9 Å². The molecule has 1 aliphatic heterocycles. The molecule has 0 aliphatic carbocycles. The molecule has 54 heavy (non-hydrogen) atoms. The molecule has 0 bridgehead atoms. The van der Waals surface area contributed by atoms with Gasteiger partial charge in [-0.3, -0.25) is 14.3 Å². The van der Waals surface area contributed by atoms with E-state index in [4.69, 9.17) is 27.6 Å². The third-order valence-corrected chi connectivity index (χ3v) is 17.8. The SMILES string of the molecule is CC(C)OP(=O)(CBr)OC(C)C.COC(=O)C[C@H]1C[C@@H](/C=C/c2c(C(C)C)nc(C(C)C)c(CO)c2-c2ccc(F)cc2)O[Si](C(C)(C)C)(C(C)(C)C)O1.